The van der Waals surface area contributed by atoms with E-state index in [-0.39, 0.29) is 0 Å². The minimum Gasteiger partial charge on any atom is -0.405 e. The van der Waals surface area contributed by atoms with Crippen molar-refractivity contribution in [2.75, 3.05) is 32.1 Å². The van der Waals surface area contributed by atoms with Crippen LogP contribution >= 0.6 is 0 Å². The van der Waals surface area contributed by atoms with E-state index < -0.39 is 0 Å². The Morgan fingerprint density at radius 3 is 2.52 bits per heavy atom. The fraction of sp³-hybridized carbons (Fsp3) is 0.320. The second-order valence-corrected chi connectivity index (χ2v) is 7.98. The molecule has 0 aliphatic carbocycles. The van der Waals surface area contributed by atoms with E-state index in [0.29, 0.717) is 0 Å². The summed E-state index contributed by atoms with van der Waals surface area (Å²) in [6.07, 6.45) is 5.20. The molecule has 1 aliphatic rings. The number of anilines is 2. The third kappa shape index (κ3) is 4.43. The summed E-state index contributed by atoms with van der Waals surface area (Å²) in [5, 5.41) is 0. The maximum absolute atomic E-state index is 6.18. The number of para-hydroxylation sites is 1. The SMILES string of the molecule is CN(C)CCCN1c2ccccc2CCc2cc(Oc3cccc[n+]3C)ccc21. The predicted octanol–water partition coefficient (Wildman–Crippen LogP) is 4.49. The zero-order chi connectivity index (χ0) is 20.2. The minimum absolute atomic E-state index is 0.840. The molecule has 29 heavy (non-hydrogen) atoms. The van der Waals surface area contributed by atoms with Gasteiger partial charge >= 0.3 is 5.88 Å². The van der Waals surface area contributed by atoms with Crippen molar-refractivity contribution in [3.8, 4) is 11.6 Å². The Labute approximate surface area is 174 Å². The van der Waals surface area contributed by atoms with Crippen LogP contribution in [0.1, 0.15) is 17.5 Å². The van der Waals surface area contributed by atoms with E-state index in [1.54, 1.807) is 0 Å². The van der Waals surface area contributed by atoms with Gasteiger partial charge in [-0.15, -0.1) is 0 Å². The first-order chi connectivity index (χ1) is 14.1. The molecule has 0 bridgehead atoms. The first kappa shape index (κ1) is 19.5. The number of hydrogen-bond acceptors (Lipinski definition) is 3. The van der Waals surface area contributed by atoms with Crippen LogP contribution in [0.2, 0.25) is 0 Å². The van der Waals surface area contributed by atoms with E-state index in [4.69, 9.17) is 4.74 Å². The number of fused-ring (bicyclic) bond motifs is 2. The van der Waals surface area contributed by atoms with Crippen LogP contribution in [0.25, 0.3) is 0 Å². The molecule has 0 unspecified atom stereocenters. The van der Waals surface area contributed by atoms with Crippen molar-refractivity contribution in [2.45, 2.75) is 19.3 Å². The zero-order valence-corrected chi connectivity index (χ0v) is 17.6. The molecule has 150 valence electrons. The summed E-state index contributed by atoms with van der Waals surface area (Å²) in [6, 6.07) is 21.4. The van der Waals surface area contributed by atoms with Crippen molar-refractivity contribution in [2.24, 2.45) is 7.05 Å². The summed E-state index contributed by atoms with van der Waals surface area (Å²) in [5.41, 5.74) is 5.42. The van der Waals surface area contributed by atoms with Gasteiger partial charge in [-0.3, -0.25) is 0 Å². The maximum atomic E-state index is 6.18. The first-order valence-corrected chi connectivity index (χ1v) is 10.4. The summed E-state index contributed by atoms with van der Waals surface area (Å²) >= 11 is 0. The van der Waals surface area contributed by atoms with Gasteiger partial charge in [0.1, 0.15) is 12.8 Å². The topological polar surface area (TPSA) is 19.6 Å². The third-order valence-corrected chi connectivity index (χ3v) is 5.50. The molecule has 0 spiro atoms. The Morgan fingerprint density at radius 1 is 0.931 bits per heavy atom. The van der Waals surface area contributed by atoms with Gasteiger partial charge < -0.3 is 14.5 Å². The molecule has 1 aromatic heterocycles. The Kier molecular flexibility index (Phi) is 5.81. The normalized spacial score (nSPS) is 13.0. The van der Waals surface area contributed by atoms with Crippen LogP contribution in [0.5, 0.6) is 11.6 Å². The van der Waals surface area contributed by atoms with Crippen LogP contribution in [-0.4, -0.2) is 32.1 Å². The molecule has 4 nitrogen and oxygen atoms in total. The highest BCUT2D eigenvalue weighted by molar-refractivity contribution is 5.71. The van der Waals surface area contributed by atoms with Gasteiger partial charge in [0.25, 0.3) is 0 Å². The molecule has 4 heteroatoms. The van der Waals surface area contributed by atoms with Crippen LogP contribution in [-0.2, 0) is 19.9 Å². The lowest BCUT2D eigenvalue weighted by atomic mass is 10.0. The Bertz CT molecular complexity index is 983. The second kappa shape index (κ2) is 8.66. The van der Waals surface area contributed by atoms with Crippen LogP contribution in [0.3, 0.4) is 0 Å². The summed E-state index contributed by atoms with van der Waals surface area (Å²) in [6.45, 7) is 2.09. The van der Waals surface area contributed by atoms with Gasteiger partial charge in [0.15, 0.2) is 6.20 Å². The number of hydrogen-bond donors (Lipinski definition) is 0. The average Bonchev–Trinajstić information content (AvgIpc) is 2.87. The maximum Gasteiger partial charge on any atom is 0.372 e. The quantitative estimate of drug-likeness (QED) is 0.580. The molecule has 0 saturated heterocycles. The smallest absolute Gasteiger partial charge is 0.372 e. The third-order valence-electron chi connectivity index (χ3n) is 5.50. The molecule has 0 atom stereocenters. The Morgan fingerprint density at radius 2 is 1.69 bits per heavy atom. The van der Waals surface area contributed by atoms with E-state index in [0.717, 1.165) is 44.0 Å². The van der Waals surface area contributed by atoms with Crippen LogP contribution < -0.4 is 14.2 Å². The minimum atomic E-state index is 0.840. The van der Waals surface area contributed by atoms with Crippen molar-refractivity contribution in [1.29, 1.82) is 0 Å². The van der Waals surface area contributed by atoms with Crippen molar-refractivity contribution in [3.05, 3.63) is 78.0 Å². The number of aryl methyl sites for hydroxylation is 3. The predicted molar refractivity (Wildman–Crippen MR) is 118 cm³/mol. The van der Waals surface area contributed by atoms with Gasteiger partial charge in [-0.1, -0.05) is 18.2 Å². The molecule has 3 aromatic rings. The zero-order valence-electron chi connectivity index (χ0n) is 17.6. The number of benzene rings is 2. The van der Waals surface area contributed by atoms with Crippen LogP contribution in [0.4, 0.5) is 11.4 Å². The highest BCUT2D eigenvalue weighted by Crippen LogP contribution is 2.38. The molecular weight excluding hydrogens is 358 g/mol. The lowest BCUT2D eigenvalue weighted by Gasteiger charge is -2.27. The van der Waals surface area contributed by atoms with Crippen LogP contribution in [0, 0.1) is 0 Å². The van der Waals surface area contributed by atoms with Crippen molar-refractivity contribution < 1.29 is 9.30 Å². The fourth-order valence-electron chi connectivity index (χ4n) is 3.99. The highest BCUT2D eigenvalue weighted by Gasteiger charge is 2.21. The standard InChI is InChI=1S/C25H30N3O/c1-26(2)16-8-18-28-23-10-5-4-9-20(23)12-13-21-19-22(14-15-24(21)28)29-25-11-6-7-17-27(25)3/h4-7,9-11,14-15,17,19H,8,12-13,16,18H2,1-3H3/q+1. The molecular formula is C25H30N3O+. The van der Waals surface area contributed by atoms with Gasteiger partial charge in [0.2, 0.25) is 0 Å². The van der Waals surface area contributed by atoms with Gasteiger partial charge in [0.05, 0.1) is 6.07 Å². The molecule has 0 fully saturated rings. The van der Waals surface area contributed by atoms with Gasteiger partial charge in [-0.2, -0.15) is 4.57 Å². The summed E-state index contributed by atoms with van der Waals surface area (Å²) in [5.74, 6) is 1.73. The van der Waals surface area contributed by atoms with E-state index in [1.807, 2.05) is 36.0 Å². The Balaban J connectivity index is 1.65. The van der Waals surface area contributed by atoms with E-state index >= 15 is 0 Å². The van der Waals surface area contributed by atoms with E-state index in [1.165, 1.54) is 22.5 Å². The fourth-order valence-corrected chi connectivity index (χ4v) is 3.99. The van der Waals surface area contributed by atoms with Crippen molar-refractivity contribution >= 4 is 11.4 Å². The molecule has 0 saturated carbocycles. The summed E-state index contributed by atoms with van der Waals surface area (Å²) in [7, 11) is 6.27. The van der Waals surface area contributed by atoms with Gasteiger partial charge in [0, 0.05) is 24.0 Å². The number of pyridine rings is 1. The lowest BCUT2D eigenvalue weighted by molar-refractivity contribution is -0.675. The molecule has 1 aliphatic heterocycles. The van der Waals surface area contributed by atoms with E-state index in [9.17, 15) is 0 Å². The monoisotopic (exact) mass is 388 g/mol. The molecule has 2 heterocycles. The average molecular weight is 389 g/mol. The molecule has 0 amide bonds. The molecule has 0 radical (unpaired) electrons. The number of aromatic nitrogens is 1. The molecule has 2 aromatic carbocycles. The summed E-state index contributed by atoms with van der Waals surface area (Å²) < 4.78 is 8.17. The van der Waals surface area contributed by atoms with Crippen LogP contribution in [0.15, 0.2) is 66.9 Å². The Hall–Kier alpha value is -2.85. The first-order valence-electron chi connectivity index (χ1n) is 10.4. The molecule has 4 rings (SSSR count). The van der Waals surface area contributed by atoms with Crippen molar-refractivity contribution in [1.82, 2.24) is 4.90 Å². The van der Waals surface area contributed by atoms with Crippen molar-refractivity contribution in [3.63, 3.8) is 0 Å². The number of ether oxygens (including phenoxy) is 1. The number of nitrogens with zero attached hydrogens (tertiary/aromatic N) is 3. The summed E-state index contributed by atoms with van der Waals surface area (Å²) in [4.78, 5) is 4.74. The van der Waals surface area contributed by atoms with E-state index in [2.05, 4.69) is 66.4 Å². The van der Waals surface area contributed by atoms with Gasteiger partial charge in [-0.25, -0.2) is 0 Å². The number of rotatable bonds is 6. The lowest BCUT2D eigenvalue weighted by Crippen LogP contribution is -2.28. The second-order valence-electron chi connectivity index (χ2n) is 7.98. The molecule has 0 N–H and O–H groups in total. The highest BCUT2D eigenvalue weighted by atomic mass is 16.5. The largest absolute Gasteiger partial charge is 0.405 e. The van der Waals surface area contributed by atoms with Gasteiger partial charge in [-0.05, 0) is 81.4 Å².